The number of aromatic nitrogens is 4. The van der Waals surface area contributed by atoms with Crippen LogP contribution in [0.15, 0.2) is 194 Å². The van der Waals surface area contributed by atoms with E-state index in [-0.39, 0.29) is 0 Å². The van der Waals surface area contributed by atoms with Crippen molar-refractivity contribution in [3.05, 3.63) is 217 Å². The lowest BCUT2D eigenvalue weighted by molar-refractivity contribution is 0.794. The highest BCUT2D eigenvalue weighted by molar-refractivity contribution is 5.95. The van der Waals surface area contributed by atoms with Crippen molar-refractivity contribution in [1.82, 2.24) is 19.9 Å². The van der Waals surface area contributed by atoms with Crippen molar-refractivity contribution in [3.63, 3.8) is 0 Å². The van der Waals surface area contributed by atoms with E-state index in [1.165, 1.54) is 44.5 Å². The highest BCUT2D eigenvalue weighted by Gasteiger charge is 2.51. The van der Waals surface area contributed by atoms with Gasteiger partial charge in [0, 0.05) is 28.5 Å². The third kappa shape index (κ3) is 4.85. The van der Waals surface area contributed by atoms with E-state index >= 15 is 0 Å². The summed E-state index contributed by atoms with van der Waals surface area (Å²) in [6, 6.07) is 66.6. The first-order valence-electron chi connectivity index (χ1n) is 18.6. The normalized spacial score (nSPS) is 12.9. The fourth-order valence-corrected chi connectivity index (χ4v) is 8.79. The summed E-state index contributed by atoms with van der Waals surface area (Å²) < 4.78 is 0. The molecule has 55 heavy (non-hydrogen) atoms. The zero-order valence-electron chi connectivity index (χ0n) is 29.8. The van der Waals surface area contributed by atoms with E-state index in [2.05, 4.69) is 169 Å². The third-order valence-corrected chi connectivity index (χ3v) is 11.2. The zero-order chi connectivity index (χ0) is 36.3. The summed E-state index contributed by atoms with van der Waals surface area (Å²) in [7, 11) is 0. The minimum atomic E-state index is -0.459. The van der Waals surface area contributed by atoms with Crippen LogP contribution in [0.1, 0.15) is 22.3 Å². The maximum Gasteiger partial charge on any atom is 0.164 e. The Labute approximate surface area is 319 Å². The predicted molar refractivity (Wildman–Crippen MR) is 221 cm³/mol. The van der Waals surface area contributed by atoms with Crippen molar-refractivity contribution in [2.24, 2.45) is 0 Å². The molecule has 0 saturated carbocycles. The molecule has 0 aliphatic heterocycles. The van der Waals surface area contributed by atoms with Gasteiger partial charge in [-0.1, -0.05) is 164 Å². The Morgan fingerprint density at radius 1 is 0.291 bits per heavy atom. The van der Waals surface area contributed by atoms with Gasteiger partial charge in [-0.15, -0.1) is 0 Å². The van der Waals surface area contributed by atoms with Crippen molar-refractivity contribution >= 4 is 0 Å². The molecule has 0 saturated heterocycles. The number of pyridine rings is 1. The second-order valence-corrected chi connectivity index (χ2v) is 14.2. The lowest BCUT2D eigenvalue weighted by Crippen LogP contribution is -2.25. The van der Waals surface area contributed by atoms with Gasteiger partial charge in [0.1, 0.15) is 0 Å². The van der Waals surface area contributed by atoms with Crippen LogP contribution in [0.2, 0.25) is 0 Å². The van der Waals surface area contributed by atoms with Gasteiger partial charge in [-0.3, -0.25) is 4.98 Å². The van der Waals surface area contributed by atoms with Gasteiger partial charge in [0.25, 0.3) is 0 Å². The van der Waals surface area contributed by atoms with E-state index in [9.17, 15) is 0 Å². The number of hydrogen-bond acceptors (Lipinski definition) is 4. The van der Waals surface area contributed by atoms with Crippen LogP contribution in [0.3, 0.4) is 0 Å². The van der Waals surface area contributed by atoms with Crippen LogP contribution in [-0.2, 0) is 5.41 Å². The molecule has 0 unspecified atom stereocenters. The summed E-state index contributed by atoms with van der Waals surface area (Å²) >= 11 is 0. The van der Waals surface area contributed by atoms with E-state index in [0.29, 0.717) is 17.5 Å². The fraction of sp³-hybridized carbons (Fsp3) is 0.0196. The summed E-state index contributed by atoms with van der Waals surface area (Å²) in [5.41, 5.74) is 16.8. The molecule has 1 spiro atoms. The molecule has 256 valence electrons. The Morgan fingerprint density at radius 3 is 1.38 bits per heavy atom. The number of rotatable bonds is 5. The van der Waals surface area contributed by atoms with Crippen LogP contribution in [0.4, 0.5) is 0 Å². The summed E-state index contributed by atoms with van der Waals surface area (Å²) in [6.07, 6.45) is 1.82. The van der Waals surface area contributed by atoms with Crippen LogP contribution in [0, 0.1) is 0 Å². The van der Waals surface area contributed by atoms with E-state index in [1.54, 1.807) is 0 Å². The molecule has 0 amide bonds. The second kappa shape index (κ2) is 12.4. The summed E-state index contributed by atoms with van der Waals surface area (Å²) in [5.74, 6) is 1.88. The standard InChI is InChI=1S/C51H32N4/c1-2-13-33(14-3-1)36-15-12-16-37(31-36)49-53-48(35-26-24-34(25-27-35)47-23-10-11-30-52-47)54-50(55-49)38-28-29-42-41-19-6-9-22-45(41)51(46(42)32-38)43-20-7-4-17-39(43)40-18-5-8-21-44(40)51/h1-32H. The van der Waals surface area contributed by atoms with Crippen molar-refractivity contribution < 1.29 is 0 Å². The van der Waals surface area contributed by atoms with E-state index in [1.807, 2.05) is 30.5 Å². The summed E-state index contributed by atoms with van der Waals surface area (Å²) in [5, 5.41) is 0. The van der Waals surface area contributed by atoms with Crippen LogP contribution < -0.4 is 0 Å². The van der Waals surface area contributed by atoms with E-state index < -0.39 is 5.41 Å². The molecular formula is C51H32N4. The molecule has 0 fully saturated rings. The highest BCUT2D eigenvalue weighted by Crippen LogP contribution is 2.63. The van der Waals surface area contributed by atoms with Gasteiger partial charge in [0.2, 0.25) is 0 Å². The SMILES string of the molecule is c1ccc(-c2cccc(-c3nc(-c4ccc(-c5ccccn5)cc4)nc(-c4ccc5c(c4)C4(c6ccccc6-c6ccccc64)c4ccccc4-5)n3)c2)cc1. The molecule has 4 heteroatoms. The van der Waals surface area contributed by atoms with Crippen LogP contribution >= 0.6 is 0 Å². The zero-order valence-corrected chi connectivity index (χ0v) is 29.8. The van der Waals surface area contributed by atoms with Gasteiger partial charge in [-0.2, -0.15) is 0 Å². The van der Waals surface area contributed by atoms with Gasteiger partial charge in [0.05, 0.1) is 11.1 Å². The smallest absolute Gasteiger partial charge is 0.164 e. The third-order valence-electron chi connectivity index (χ3n) is 11.2. The molecule has 7 aromatic carbocycles. The molecule has 0 N–H and O–H groups in total. The first kappa shape index (κ1) is 31.2. The van der Waals surface area contributed by atoms with Gasteiger partial charge in [-0.05, 0) is 79.9 Å². The number of nitrogens with zero attached hydrogens (tertiary/aromatic N) is 4. The molecule has 2 aliphatic carbocycles. The van der Waals surface area contributed by atoms with Crippen molar-refractivity contribution in [2.75, 3.05) is 0 Å². The molecule has 0 bridgehead atoms. The molecule has 0 atom stereocenters. The average molecular weight is 701 g/mol. The largest absolute Gasteiger partial charge is 0.256 e. The highest BCUT2D eigenvalue weighted by atomic mass is 15.0. The maximum atomic E-state index is 5.25. The Hall–Kier alpha value is -7.30. The van der Waals surface area contributed by atoms with Crippen molar-refractivity contribution in [3.8, 4) is 78.8 Å². The van der Waals surface area contributed by atoms with Crippen molar-refractivity contribution in [2.45, 2.75) is 5.41 Å². The molecule has 2 aromatic heterocycles. The monoisotopic (exact) mass is 700 g/mol. The number of hydrogen-bond donors (Lipinski definition) is 0. The Bertz CT molecular complexity index is 2850. The summed E-state index contributed by atoms with van der Waals surface area (Å²) in [6.45, 7) is 0. The van der Waals surface area contributed by atoms with E-state index in [0.717, 1.165) is 39.1 Å². The maximum absolute atomic E-state index is 5.25. The minimum Gasteiger partial charge on any atom is -0.256 e. The van der Waals surface area contributed by atoms with Gasteiger partial charge in [0.15, 0.2) is 17.5 Å². The summed E-state index contributed by atoms with van der Waals surface area (Å²) in [4.78, 5) is 20.2. The molecule has 2 aliphatic rings. The Morgan fingerprint density at radius 2 is 0.764 bits per heavy atom. The molecule has 2 heterocycles. The van der Waals surface area contributed by atoms with Gasteiger partial charge >= 0.3 is 0 Å². The Kier molecular flexibility index (Phi) is 7.04. The van der Waals surface area contributed by atoms with E-state index in [4.69, 9.17) is 15.0 Å². The Balaban J connectivity index is 1.12. The van der Waals surface area contributed by atoms with Crippen molar-refractivity contribution in [1.29, 1.82) is 0 Å². The fourth-order valence-electron chi connectivity index (χ4n) is 8.79. The molecule has 11 rings (SSSR count). The molecule has 9 aromatic rings. The van der Waals surface area contributed by atoms with Crippen LogP contribution in [0.25, 0.3) is 78.8 Å². The van der Waals surface area contributed by atoms with Gasteiger partial charge in [-0.25, -0.2) is 15.0 Å². The minimum absolute atomic E-state index is 0.459. The lowest BCUT2D eigenvalue weighted by atomic mass is 9.70. The second-order valence-electron chi connectivity index (χ2n) is 14.2. The molecule has 4 nitrogen and oxygen atoms in total. The number of benzene rings is 7. The molecular weight excluding hydrogens is 669 g/mol. The van der Waals surface area contributed by atoms with Crippen LogP contribution in [0.5, 0.6) is 0 Å². The lowest BCUT2D eigenvalue weighted by Gasteiger charge is -2.30. The predicted octanol–water partition coefficient (Wildman–Crippen LogP) is 11.9. The first-order chi connectivity index (χ1) is 27.3. The first-order valence-corrected chi connectivity index (χ1v) is 18.6. The molecule has 0 radical (unpaired) electrons. The topological polar surface area (TPSA) is 51.6 Å². The van der Waals surface area contributed by atoms with Crippen LogP contribution in [-0.4, -0.2) is 19.9 Å². The van der Waals surface area contributed by atoms with Gasteiger partial charge < -0.3 is 0 Å². The number of fused-ring (bicyclic) bond motifs is 10. The quantitative estimate of drug-likeness (QED) is 0.179. The average Bonchev–Trinajstić information content (AvgIpc) is 3.74.